The Balaban J connectivity index is 1.86. The third-order valence-corrected chi connectivity index (χ3v) is 4.88. The lowest BCUT2D eigenvalue weighted by Gasteiger charge is -2.06. The first kappa shape index (κ1) is 17.9. The number of nitrogens with one attached hydrogen (secondary N) is 1. The number of fused-ring (bicyclic) bond motifs is 2. The van der Waals surface area contributed by atoms with Gasteiger partial charge in [0, 0.05) is 13.6 Å². The molecule has 0 aliphatic heterocycles. The van der Waals surface area contributed by atoms with Crippen LogP contribution in [0.2, 0.25) is 0 Å². The lowest BCUT2D eigenvalue weighted by molar-refractivity contribution is 0.612. The van der Waals surface area contributed by atoms with Crippen LogP contribution in [-0.2, 0) is 20.1 Å². The zero-order valence-electron chi connectivity index (χ0n) is 15.7. The molecule has 144 valence electrons. The number of para-hydroxylation sites is 1. The number of aryl methyl sites for hydroxylation is 2. The van der Waals surface area contributed by atoms with Crippen LogP contribution >= 0.6 is 0 Å². The molecule has 0 atom stereocenters. The summed E-state index contributed by atoms with van der Waals surface area (Å²) in [6, 6.07) is 7.12. The van der Waals surface area contributed by atoms with E-state index in [2.05, 4.69) is 15.0 Å². The molecule has 9 heteroatoms. The summed E-state index contributed by atoms with van der Waals surface area (Å²) in [6.45, 7) is 2.64. The zero-order valence-corrected chi connectivity index (χ0v) is 15.7. The number of aromatic amines is 1. The number of hydrogen-bond acceptors (Lipinski definition) is 5. The highest BCUT2D eigenvalue weighted by Crippen LogP contribution is 2.12. The van der Waals surface area contributed by atoms with Crippen molar-refractivity contribution in [1.82, 2.24) is 28.7 Å². The molecular formula is C19H20N6O3. The van der Waals surface area contributed by atoms with E-state index in [4.69, 9.17) is 0 Å². The minimum absolute atomic E-state index is 0.142. The maximum Gasteiger partial charge on any atom is 0.330 e. The first-order valence-electron chi connectivity index (χ1n) is 9.14. The maximum absolute atomic E-state index is 12.8. The monoisotopic (exact) mass is 380 g/mol. The van der Waals surface area contributed by atoms with Crippen molar-refractivity contribution in [2.24, 2.45) is 7.05 Å². The van der Waals surface area contributed by atoms with E-state index < -0.39 is 11.2 Å². The Hall–Kier alpha value is -3.49. The van der Waals surface area contributed by atoms with Crippen molar-refractivity contribution in [2.45, 2.75) is 32.9 Å². The lowest BCUT2D eigenvalue weighted by atomic mass is 10.2. The van der Waals surface area contributed by atoms with Crippen LogP contribution < -0.4 is 16.8 Å². The van der Waals surface area contributed by atoms with Crippen LogP contribution in [0.15, 0.2) is 45.0 Å². The summed E-state index contributed by atoms with van der Waals surface area (Å²) in [5.74, 6) is 0.496. The summed E-state index contributed by atoms with van der Waals surface area (Å²) in [6.07, 6.45) is 3.17. The van der Waals surface area contributed by atoms with Crippen molar-refractivity contribution < 1.29 is 0 Å². The van der Waals surface area contributed by atoms with Crippen LogP contribution in [0.4, 0.5) is 0 Å². The normalized spacial score (nSPS) is 11.5. The quantitative estimate of drug-likeness (QED) is 0.555. The second-order valence-corrected chi connectivity index (χ2v) is 6.72. The Morgan fingerprint density at radius 1 is 1.14 bits per heavy atom. The van der Waals surface area contributed by atoms with Crippen molar-refractivity contribution in [3.63, 3.8) is 0 Å². The first-order valence-corrected chi connectivity index (χ1v) is 9.14. The molecule has 0 aliphatic carbocycles. The Labute approximate surface area is 158 Å². The van der Waals surface area contributed by atoms with Crippen molar-refractivity contribution in [3.05, 3.63) is 67.6 Å². The van der Waals surface area contributed by atoms with Crippen molar-refractivity contribution >= 4 is 22.1 Å². The van der Waals surface area contributed by atoms with E-state index in [-0.39, 0.29) is 12.1 Å². The number of H-pyrrole nitrogens is 1. The SMILES string of the molecule is CCCCn1c(=O)[nH]c(=O)c2c1nc(Cn1cnc3ccccc3c1=O)n2C. The summed E-state index contributed by atoms with van der Waals surface area (Å²) < 4.78 is 4.55. The second kappa shape index (κ2) is 6.91. The number of nitrogens with zero attached hydrogens (tertiary/aromatic N) is 5. The minimum atomic E-state index is -0.488. The predicted octanol–water partition coefficient (Wildman–Crippen LogP) is 0.982. The Bertz CT molecular complexity index is 1360. The molecule has 0 saturated carbocycles. The lowest BCUT2D eigenvalue weighted by Crippen LogP contribution is -2.31. The van der Waals surface area contributed by atoms with E-state index in [9.17, 15) is 14.4 Å². The number of aromatic nitrogens is 6. The highest BCUT2D eigenvalue weighted by molar-refractivity contribution is 5.77. The van der Waals surface area contributed by atoms with Crippen LogP contribution in [0.1, 0.15) is 25.6 Å². The third kappa shape index (κ3) is 2.84. The Kier molecular flexibility index (Phi) is 4.42. The van der Waals surface area contributed by atoms with Crippen LogP contribution in [-0.4, -0.2) is 28.7 Å². The average molecular weight is 380 g/mol. The van der Waals surface area contributed by atoms with E-state index in [1.165, 1.54) is 15.5 Å². The smallest absolute Gasteiger partial charge is 0.324 e. The number of rotatable bonds is 5. The van der Waals surface area contributed by atoms with Gasteiger partial charge in [-0.25, -0.2) is 14.8 Å². The molecule has 28 heavy (non-hydrogen) atoms. The Morgan fingerprint density at radius 2 is 1.93 bits per heavy atom. The zero-order chi connectivity index (χ0) is 19.8. The van der Waals surface area contributed by atoms with Gasteiger partial charge >= 0.3 is 5.69 Å². The average Bonchev–Trinajstić information content (AvgIpc) is 3.00. The molecule has 0 aliphatic rings. The van der Waals surface area contributed by atoms with Crippen LogP contribution in [0.5, 0.6) is 0 Å². The third-order valence-electron chi connectivity index (χ3n) is 4.88. The number of unbranched alkanes of at least 4 members (excludes halogenated alkanes) is 1. The molecule has 3 aromatic heterocycles. The van der Waals surface area contributed by atoms with E-state index in [0.717, 1.165) is 12.8 Å². The number of imidazole rings is 1. The van der Waals surface area contributed by atoms with Crippen LogP contribution in [0.25, 0.3) is 22.1 Å². The van der Waals surface area contributed by atoms with Crippen molar-refractivity contribution in [3.8, 4) is 0 Å². The van der Waals surface area contributed by atoms with Gasteiger partial charge in [-0.05, 0) is 18.6 Å². The first-order chi connectivity index (χ1) is 13.5. The van der Waals surface area contributed by atoms with Crippen molar-refractivity contribution in [2.75, 3.05) is 0 Å². The van der Waals surface area contributed by atoms with Crippen LogP contribution in [0, 0.1) is 0 Å². The highest BCUT2D eigenvalue weighted by Gasteiger charge is 2.17. The molecule has 0 amide bonds. The molecule has 0 radical (unpaired) electrons. The van der Waals surface area contributed by atoms with E-state index >= 15 is 0 Å². The molecule has 3 heterocycles. The maximum atomic E-state index is 12.8. The molecular weight excluding hydrogens is 360 g/mol. The summed E-state index contributed by atoms with van der Waals surface area (Å²) in [5.41, 5.74) is 0.126. The standard InChI is InChI=1S/C19H20N6O3/c1-3-4-9-25-16-15(17(26)22-19(25)28)23(2)14(21-16)10-24-11-20-13-8-6-5-7-12(13)18(24)27/h5-8,11H,3-4,9-10H2,1-2H3,(H,22,26,28). The van der Waals surface area contributed by atoms with E-state index in [0.29, 0.717) is 34.4 Å². The molecule has 0 bridgehead atoms. The summed E-state index contributed by atoms with van der Waals surface area (Å²) >= 11 is 0. The molecule has 0 fully saturated rings. The predicted molar refractivity (Wildman–Crippen MR) is 106 cm³/mol. The summed E-state index contributed by atoms with van der Waals surface area (Å²) in [4.78, 5) is 48.5. The van der Waals surface area contributed by atoms with Gasteiger partial charge in [0.2, 0.25) is 0 Å². The van der Waals surface area contributed by atoms with E-state index in [1.54, 1.807) is 29.8 Å². The molecule has 1 aromatic carbocycles. The topological polar surface area (TPSA) is 108 Å². The largest absolute Gasteiger partial charge is 0.330 e. The summed E-state index contributed by atoms with van der Waals surface area (Å²) in [7, 11) is 1.70. The molecule has 9 nitrogen and oxygen atoms in total. The molecule has 4 aromatic rings. The molecule has 0 unspecified atom stereocenters. The van der Waals surface area contributed by atoms with Gasteiger partial charge < -0.3 is 4.57 Å². The van der Waals surface area contributed by atoms with Gasteiger partial charge in [-0.2, -0.15) is 0 Å². The van der Waals surface area contributed by atoms with E-state index in [1.807, 2.05) is 13.0 Å². The molecule has 1 N–H and O–H groups in total. The summed E-state index contributed by atoms with van der Waals surface area (Å²) in [5, 5.41) is 0.515. The van der Waals surface area contributed by atoms with Gasteiger partial charge in [-0.1, -0.05) is 25.5 Å². The Morgan fingerprint density at radius 3 is 2.71 bits per heavy atom. The van der Waals surface area contributed by atoms with Gasteiger partial charge in [0.05, 0.1) is 23.8 Å². The minimum Gasteiger partial charge on any atom is -0.324 e. The van der Waals surface area contributed by atoms with Gasteiger partial charge in [0.15, 0.2) is 11.2 Å². The fraction of sp³-hybridized carbons (Fsp3) is 0.316. The van der Waals surface area contributed by atoms with Crippen LogP contribution in [0.3, 0.4) is 0 Å². The fourth-order valence-electron chi connectivity index (χ4n) is 3.33. The van der Waals surface area contributed by atoms with Gasteiger partial charge in [0.1, 0.15) is 5.82 Å². The highest BCUT2D eigenvalue weighted by atomic mass is 16.2. The molecule has 0 saturated heterocycles. The number of benzene rings is 1. The molecule has 4 rings (SSSR count). The fourth-order valence-corrected chi connectivity index (χ4v) is 3.33. The van der Waals surface area contributed by atoms with Gasteiger partial charge in [-0.3, -0.25) is 23.7 Å². The number of hydrogen-bond donors (Lipinski definition) is 1. The molecule has 0 spiro atoms. The van der Waals surface area contributed by atoms with Gasteiger partial charge in [0.25, 0.3) is 11.1 Å². The van der Waals surface area contributed by atoms with Gasteiger partial charge in [-0.15, -0.1) is 0 Å². The van der Waals surface area contributed by atoms with Crippen molar-refractivity contribution in [1.29, 1.82) is 0 Å². The second-order valence-electron chi connectivity index (χ2n) is 6.72.